The molecular weight excluding hydrogens is 521 g/mol. The molecule has 12 heteroatoms. The first-order valence-corrected chi connectivity index (χ1v) is 13.7. The van der Waals surface area contributed by atoms with E-state index >= 15 is 0 Å². The molecule has 1 atom stereocenters. The Hall–Kier alpha value is -3.93. The van der Waals surface area contributed by atoms with Crippen LogP contribution in [0.2, 0.25) is 0 Å². The monoisotopic (exact) mass is 544 g/mol. The van der Waals surface area contributed by atoms with Gasteiger partial charge in [0.05, 0.1) is 22.0 Å². The van der Waals surface area contributed by atoms with Crippen LogP contribution in [0.5, 0.6) is 11.5 Å². The topological polar surface area (TPSA) is 105 Å². The molecule has 1 aliphatic rings. The molecule has 0 radical (unpaired) electrons. The Balaban J connectivity index is 1.57. The van der Waals surface area contributed by atoms with Gasteiger partial charge in [0.2, 0.25) is 5.91 Å². The third kappa shape index (κ3) is 5.49. The van der Waals surface area contributed by atoms with Gasteiger partial charge < -0.3 is 14.6 Å². The van der Waals surface area contributed by atoms with Crippen LogP contribution in [0.4, 0.5) is 13.2 Å². The number of H-pyrrole nitrogens is 1. The standard InChI is InChI=1S/C26H23F3N4O4S/c1-38(35,36)17-9-7-16(8-10-17)37-23-14-21-20(31-25(32-21)19-5-2-3-11-30-19)13-18(23)22-6-4-12-33(22)24(34)15-26(27,28)29/h2-3,5,7-11,13-14,22H,4,6,12,15H2,1H3,(H,31,32). The fourth-order valence-corrected chi connectivity index (χ4v) is 5.20. The average Bonchev–Trinajstić information content (AvgIpc) is 3.50. The van der Waals surface area contributed by atoms with Crippen molar-refractivity contribution >= 4 is 26.8 Å². The van der Waals surface area contributed by atoms with E-state index in [0.717, 1.165) is 6.26 Å². The first kappa shape index (κ1) is 25.7. The number of nitrogens with one attached hydrogen (secondary N) is 1. The lowest BCUT2D eigenvalue weighted by Crippen LogP contribution is -2.33. The molecule has 38 heavy (non-hydrogen) atoms. The van der Waals surface area contributed by atoms with Gasteiger partial charge in [0.15, 0.2) is 15.7 Å². The number of carbonyl (C=O) groups excluding carboxylic acids is 1. The van der Waals surface area contributed by atoms with Gasteiger partial charge in [-0.15, -0.1) is 0 Å². The molecule has 2 aromatic heterocycles. The predicted octanol–water partition coefficient (Wildman–Crippen LogP) is 5.44. The van der Waals surface area contributed by atoms with Gasteiger partial charge in [0.25, 0.3) is 0 Å². The number of fused-ring (bicyclic) bond motifs is 1. The number of rotatable bonds is 6. The zero-order valence-electron chi connectivity index (χ0n) is 20.2. The van der Waals surface area contributed by atoms with E-state index in [9.17, 15) is 26.4 Å². The SMILES string of the molecule is CS(=O)(=O)c1ccc(Oc2cc3nc(-c4ccccn4)[nH]c3cc2C2CCCN2C(=O)CC(F)(F)F)cc1. The van der Waals surface area contributed by atoms with Crippen molar-refractivity contribution in [2.75, 3.05) is 12.8 Å². The molecule has 5 rings (SSSR count). The van der Waals surface area contributed by atoms with Gasteiger partial charge in [-0.05, 0) is 55.3 Å². The summed E-state index contributed by atoms with van der Waals surface area (Å²) in [6.07, 6.45) is -2.43. The maximum atomic E-state index is 13.0. The molecule has 1 saturated heterocycles. The number of ether oxygens (including phenoxy) is 1. The minimum absolute atomic E-state index is 0.118. The Kier molecular flexibility index (Phi) is 6.59. The second kappa shape index (κ2) is 9.75. The molecule has 0 spiro atoms. The van der Waals surface area contributed by atoms with Gasteiger partial charge in [0.1, 0.15) is 23.6 Å². The van der Waals surface area contributed by atoms with E-state index in [4.69, 9.17) is 4.74 Å². The van der Waals surface area contributed by atoms with Crippen LogP contribution in [0.25, 0.3) is 22.6 Å². The summed E-state index contributed by atoms with van der Waals surface area (Å²) < 4.78 is 68.8. The summed E-state index contributed by atoms with van der Waals surface area (Å²) in [7, 11) is -3.41. The number of sulfone groups is 1. The van der Waals surface area contributed by atoms with E-state index < -0.39 is 34.4 Å². The summed E-state index contributed by atoms with van der Waals surface area (Å²) >= 11 is 0. The van der Waals surface area contributed by atoms with Crippen molar-refractivity contribution < 1.29 is 31.1 Å². The second-order valence-corrected chi connectivity index (χ2v) is 11.1. The van der Waals surface area contributed by atoms with Crippen molar-refractivity contribution in [3.63, 3.8) is 0 Å². The third-order valence-corrected chi connectivity index (χ3v) is 7.41. The van der Waals surface area contributed by atoms with Crippen LogP contribution in [-0.2, 0) is 14.6 Å². The fraction of sp³-hybridized carbons (Fsp3) is 0.269. The van der Waals surface area contributed by atoms with Crippen molar-refractivity contribution in [1.82, 2.24) is 19.9 Å². The number of halogens is 3. The van der Waals surface area contributed by atoms with E-state index in [1.54, 1.807) is 30.5 Å². The molecule has 2 aromatic carbocycles. The first-order chi connectivity index (χ1) is 18.0. The summed E-state index contributed by atoms with van der Waals surface area (Å²) in [4.78, 5) is 26.0. The zero-order chi connectivity index (χ0) is 27.1. The second-order valence-electron chi connectivity index (χ2n) is 9.09. The summed E-state index contributed by atoms with van der Waals surface area (Å²) in [6, 6.07) is 13.9. The zero-order valence-corrected chi connectivity index (χ0v) is 21.0. The number of benzene rings is 2. The van der Waals surface area contributed by atoms with Crippen LogP contribution in [0.15, 0.2) is 65.7 Å². The molecule has 198 valence electrons. The summed E-state index contributed by atoms with van der Waals surface area (Å²) in [5, 5.41) is 0. The number of imidazole rings is 1. The van der Waals surface area contributed by atoms with Crippen LogP contribution in [0.3, 0.4) is 0 Å². The van der Waals surface area contributed by atoms with Crippen LogP contribution >= 0.6 is 0 Å². The Morgan fingerprint density at radius 2 is 1.92 bits per heavy atom. The minimum Gasteiger partial charge on any atom is -0.457 e. The maximum absolute atomic E-state index is 13.0. The Morgan fingerprint density at radius 1 is 1.16 bits per heavy atom. The molecule has 1 unspecified atom stereocenters. The lowest BCUT2D eigenvalue weighted by atomic mass is 10.0. The Bertz CT molecular complexity index is 1590. The predicted molar refractivity (Wildman–Crippen MR) is 133 cm³/mol. The van der Waals surface area contributed by atoms with Crippen molar-refractivity contribution in [3.8, 4) is 23.0 Å². The fourth-order valence-electron chi connectivity index (χ4n) is 4.57. The highest BCUT2D eigenvalue weighted by molar-refractivity contribution is 7.90. The van der Waals surface area contributed by atoms with Crippen molar-refractivity contribution in [1.29, 1.82) is 0 Å². The van der Waals surface area contributed by atoms with Crippen LogP contribution in [0, 0.1) is 0 Å². The van der Waals surface area contributed by atoms with Gasteiger partial charge >= 0.3 is 6.18 Å². The molecule has 1 aliphatic heterocycles. The largest absolute Gasteiger partial charge is 0.457 e. The quantitative estimate of drug-likeness (QED) is 0.347. The molecular formula is C26H23F3N4O4S. The first-order valence-electron chi connectivity index (χ1n) is 11.8. The number of pyridine rings is 1. The van der Waals surface area contributed by atoms with Gasteiger partial charge in [-0.3, -0.25) is 9.78 Å². The van der Waals surface area contributed by atoms with Gasteiger partial charge in [-0.25, -0.2) is 13.4 Å². The maximum Gasteiger partial charge on any atom is 0.397 e. The molecule has 4 aromatic rings. The number of alkyl halides is 3. The van der Waals surface area contributed by atoms with Gasteiger partial charge in [-0.2, -0.15) is 13.2 Å². The third-order valence-electron chi connectivity index (χ3n) is 6.28. The smallest absolute Gasteiger partial charge is 0.397 e. The number of carbonyl (C=O) groups is 1. The molecule has 1 N–H and O–H groups in total. The normalized spacial score (nSPS) is 16.2. The highest BCUT2D eigenvalue weighted by Gasteiger charge is 2.39. The Labute approximate surface area is 216 Å². The number of nitrogens with zero attached hydrogens (tertiary/aromatic N) is 3. The van der Waals surface area contributed by atoms with E-state index in [0.29, 0.717) is 52.5 Å². The number of aromatic nitrogens is 3. The van der Waals surface area contributed by atoms with Gasteiger partial charge in [0, 0.05) is 30.6 Å². The van der Waals surface area contributed by atoms with Crippen molar-refractivity contribution in [2.45, 2.75) is 36.4 Å². The lowest BCUT2D eigenvalue weighted by Gasteiger charge is -2.27. The molecule has 0 aliphatic carbocycles. The molecule has 1 amide bonds. The van der Waals surface area contributed by atoms with Crippen molar-refractivity contribution in [2.24, 2.45) is 0 Å². The number of amides is 1. The van der Waals surface area contributed by atoms with Crippen LogP contribution in [-0.4, -0.2) is 53.2 Å². The number of hydrogen-bond donors (Lipinski definition) is 1. The van der Waals surface area contributed by atoms with E-state index in [-0.39, 0.29) is 11.4 Å². The Morgan fingerprint density at radius 3 is 2.58 bits per heavy atom. The summed E-state index contributed by atoms with van der Waals surface area (Å²) in [6.45, 7) is 0.197. The highest BCUT2D eigenvalue weighted by atomic mass is 32.2. The molecule has 0 saturated carbocycles. The van der Waals surface area contributed by atoms with Crippen LogP contribution < -0.4 is 4.74 Å². The molecule has 3 heterocycles. The molecule has 0 bridgehead atoms. The average molecular weight is 545 g/mol. The minimum atomic E-state index is -4.62. The number of aromatic amines is 1. The van der Waals surface area contributed by atoms with E-state index in [1.807, 2.05) is 6.07 Å². The number of hydrogen-bond acceptors (Lipinski definition) is 6. The number of likely N-dealkylation sites (tertiary alicyclic amines) is 1. The molecule has 1 fully saturated rings. The molecule has 8 nitrogen and oxygen atoms in total. The van der Waals surface area contributed by atoms with Crippen molar-refractivity contribution in [3.05, 3.63) is 66.4 Å². The van der Waals surface area contributed by atoms with E-state index in [1.165, 1.54) is 29.2 Å². The highest BCUT2D eigenvalue weighted by Crippen LogP contribution is 2.42. The van der Waals surface area contributed by atoms with Gasteiger partial charge in [-0.1, -0.05) is 6.07 Å². The summed E-state index contributed by atoms with van der Waals surface area (Å²) in [5.41, 5.74) is 2.26. The van der Waals surface area contributed by atoms with Crippen LogP contribution in [0.1, 0.15) is 30.9 Å². The van der Waals surface area contributed by atoms with E-state index in [2.05, 4.69) is 15.0 Å². The lowest BCUT2D eigenvalue weighted by molar-refractivity contribution is -0.162. The summed E-state index contributed by atoms with van der Waals surface area (Å²) in [5.74, 6) is 0.130.